The van der Waals surface area contributed by atoms with Gasteiger partial charge in [-0.1, -0.05) is 18.2 Å². The normalized spacial score (nSPS) is 17.5. The second kappa shape index (κ2) is 7.28. The lowest BCUT2D eigenvalue weighted by molar-refractivity contribution is -0.125. The molecule has 1 aliphatic heterocycles. The number of anilines is 1. The molecule has 1 aliphatic rings. The number of para-hydroxylation sites is 1. The van der Waals surface area contributed by atoms with E-state index in [2.05, 4.69) is 21.3 Å². The van der Waals surface area contributed by atoms with E-state index < -0.39 is 6.03 Å². The van der Waals surface area contributed by atoms with Crippen molar-refractivity contribution < 1.29 is 14.4 Å². The highest BCUT2D eigenvalue weighted by atomic mass is 16.2. The first-order valence-electron chi connectivity index (χ1n) is 6.79. The predicted octanol–water partition coefficient (Wildman–Crippen LogP) is 0.203. The second-order valence-corrected chi connectivity index (χ2v) is 4.78. The van der Waals surface area contributed by atoms with E-state index in [0.29, 0.717) is 25.1 Å². The minimum absolute atomic E-state index is 0.000799. The number of amides is 4. The maximum Gasteiger partial charge on any atom is 0.319 e. The topological polar surface area (TPSA) is 99.3 Å². The minimum atomic E-state index is -0.437. The number of carbonyl (C=O) groups excluding carboxylic acids is 3. The zero-order valence-corrected chi connectivity index (χ0v) is 11.5. The summed E-state index contributed by atoms with van der Waals surface area (Å²) in [7, 11) is 0. The van der Waals surface area contributed by atoms with Crippen molar-refractivity contribution in [3.63, 3.8) is 0 Å². The van der Waals surface area contributed by atoms with E-state index in [1.54, 1.807) is 24.3 Å². The molecule has 0 saturated carbocycles. The maximum atomic E-state index is 11.7. The van der Waals surface area contributed by atoms with Gasteiger partial charge in [-0.3, -0.25) is 9.59 Å². The summed E-state index contributed by atoms with van der Waals surface area (Å²) in [5.41, 5.74) is 0.658. The van der Waals surface area contributed by atoms with Gasteiger partial charge in [0.2, 0.25) is 11.8 Å². The highest BCUT2D eigenvalue weighted by Gasteiger charge is 2.19. The third kappa shape index (κ3) is 5.13. The molecule has 0 aromatic heterocycles. The van der Waals surface area contributed by atoms with Crippen molar-refractivity contribution >= 4 is 23.5 Å². The van der Waals surface area contributed by atoms with E-state index in [1.165, 1.54) is 0 Å². The SMILES string of the molecule is O=C1CCC(NC(=O)CNC(=O)Nc2ccccc2)CN1. The lowest BCUT2D eigenvalue weighted by Gasteiger charge is -2.23. The molecule has 21 heavy (non-hydrogen) atoms. The van der Waals surface area contributed by atoms with Gasteiger partial charge < -0.3 is 21.3 Å². The highest BCUT2D eigenvalue weighted by molar-refractivity contribution is 5.92. The Bertz CT molecular complexity index is 508. The van der Waals surface area contributed by atoms with Gasteiger partial charge in [0.1, 0.15) is 0 Å². The Kier molecular flexibility index (Phi) is 5.14. The second-order valence-electron chi connectivity index (χ2n) is 4.78. The van der Waals surface area contributed by atoms with Gasteiger partial charge >= 0.3 is 6.03 Å². The van der Waals surface area contributed by atoms with Gasteiger partial charge in [-0.2, -0.15) is 0 Å². The number of benzene rings is 1. The largest absolute Gasteiger partial charge is 0.354 e. The van der Waals surface area contributed by atoms with Crippen LogP contribution in [0.5, 0.6) is 0 Å². The van der Waals surface area contributed by atoms with Crippen LogP contribution in [0.2, 0.25) is 0 Å². The van der Waals surface area contributed by atoms with Crippen LogP contribution in [0.1, 0.15) is 12.8 Å². The van der Waals surface area contributed by atoms with Crippen LogP contribution in [0, 0.1) is 0 Å². The molecule has 4 amide bonds. The van der Waals surface area contributed by atoms with Crippen LogP contribution in [0.25, 0.3) is 0 Å². The third-order valence-electron chi connectivity index (χ3n) is 3.07. The number of piperidine rings is 1. The summed E-state index contributed by atoms with van der Waals surface area (Å²) in [5, 5.41) is 10.5. The molecular weight excluding hydrogens is 272 g/mol. The zero-order valence-electron chi connectivity index (χ0n) is 11.5. The lowest BCUT2D eigenvalue weighted by atomic mass is 10.1. The summed E-state index contributed by atoms with van der Waals surface area (Å²) in [6.07, 6.45) is 1.03. The molecule has 1 aromatic rings. The number of nitrogens with one attached hydrogen (secondary N) is 4. The highest BCUT2D eigenvalue weighted by Crippen LogP contribution is 2.04. The molecule has 0 aliphatic carbocycles. The van der Waals surface area contributed by atoms with Gasteiger partial charge in [-0.05, 0) is 18.6 Å². The standard InChI is InChI=1S/C14H18N4O3/c19-12-7-6-11(8-15-12)17-13(20)9-16-14(21)18-10-4-2-1-3-5-10/h1-5,11H,6-9H2,(H,15,19)(H,17,20)(H2,16,18,21). The first-order chi connectivity index (χ1) is 10.1. The Morgan fingerprint density at radius 3 is 2.67 bits per heavy atom. The van der Waals surface area contributed by atoms with E-state index in [9.17, 15) is 14.4 Å². The predicted molar refractivity (Wildman–Crippen MR) is 77.6 cm³/mol. The van der Waals surface area contributed by atoms with Gasteiger partial charge in [0.15, 0.2) is 0 Å². The van der Waals surface area contributed by atoms with Crippen LogP contribution in [-0.2, 0) is 9.59 Å². The molecular formula is C14H18N4O3. The Morgan fingerprint density at radius 1 is 1.24 bits per heavy atom. The molecule has 1 atom stereocenters. The molecule has 1 unspecified atom stereocenters. The molecule has 1 aromatic carbocycles. The molecule has 7 heteroatoms. The molecule has 1 heterocycles. The van der Waals surface area contributed by atoms with Crippen molar-refractivity contribution in [2.24, 2.45) is 0 Å². The lowest BCUT2D eigenvalue weighted by Crippen LogP contribution is -2.50. The Morgan fingerprint density at radius 2 is 2.00 bits per heavy atom. The van der Waals surface area contributed by atoms with Crippen molar-refractivity contribution in [2.75, 3.05) is 18.4 Å². The molecule has 1 saturated heterocycles. The van der Waals surface area contributed by atoms with Gasteiger partial charge in [-0.15, -0.1) is 0 Å². The van der Waals surface area contributed by atoms with E-state index in [4.69, 9.17) is 0 Å². The average molecular weight is 290 g/mol. The Labute approximate surface area is 122 Å². The summed E-state index contributed by atoms with van der Waals surface area (Å²) < 4.78 is 0. The quantitative estimate of drug-likeness (QED) is 0.637. The fourth-order valence-electron chi connectivity index (χ4n) is 1.99. The van der Waals surface area contributed by atoms with Crippen molar-refractivity contribution in [2.45, 2.75) is 18.9 Å². The zero-order chi connectivity index (χ0) is 15.1. The van der Waals surface area contributed by atoms with Gasteiger partial charge in [0, 0.05) is 24.7 Å². The average Bonchev–Trinajstić information content (AvgIpc) is 2.49. The fourth-order valence-corrected chi connectivity index (χ4v) is 1.99. The molecule has 2 rings (SSSR count). The van der Waals surface area contributed by atoms with Crippen molar-refractivity contribution in [1.82, 2.24) is 16.0 Å². The van der Waals surface area contributed by atoms with Crippen LogP contribution >= 0.6 is 0 Å². The third-order valence-corrected chi connectivity index (χ3v) is 3.07. The summed E-state index contributed by atoms with van der Waals surface area (Å²) in [6, 6.07) is 8.45. The molecule has 112 valence electrons. The van der Waals surface area contributed by atoms with Crippen molar-refractivity contribution in [1.29, 1.82) is 0 Å². The summed E-state index contributed by atoms with van der Waals surface area (Å²) in [5.74, 6) is -0.278. The Hall–Kier alpha value is -2.57. The number of rotatable bonds is 4. The summed E-state index contributed by atoms with van der Waals surface area (Å²) in [4.78, 5) is 34.3. The molecule has 1 fully saturated rings. The number of hydrogen-bond donors (Lipinski definition) is 4. The van der Waals surface area contributed by atoms with E-state index in [-0.39, 0.29) is 24.4 Å². The van der Waals surface area contributed by atoms with Gasteiger partial charge in [0.25, 0.3) is 0 Å². The van der Waals surface area contributed by atoms with Crippen LogP contribution in [0.4, 0.5) is 10.5 Å². The fraction of sp³-hybridized carbons (Fsp3) is 0.357. The molecule has 7 nitrogen and oxygen atoms in total. The molecule has 0 bridgehead atoms. The molecule has 0 spiro atoms. The van der Waals surface area contributed by atoms with E-state index >= 15 is 0 Å². The smallest absolute Gasteiger partial charge is 0.319 e. The maximum absolute atomic E-state index is 11.7. The molecule has 4 N–H and O–H groups in total. The van der Waals surface area contributed by atoms with E-state index in [0.717, 1.165) is 0 Å². The van der Waals surface area contributed by atoms with Crippen LogP contribution < -0.4 is 21.3 Å². The number of carbonyl (C=O) groups is 3. The monoisotopic (exact) mass is 290 g/mol. The summed E-state index contributed by atoms with van der Waals surface area (Å²) in [6.45, 7) is 0.323. The van der Waals surface area contributed by atoms with Gasteiger partial charge in [-0.25, -0.2) is 4.79 Å². The first kappa shape index (κ1) is 14.8. The number of hydrogen-bond acceptors (Lipinski definition) is 3. The van der Waals surface area contributed by atoms with Crippen LogP contribution in [0.3, 0.4) is 0 Å². The van der Waals surface area contributed by atoms with Gasteiger partial charge in [0.05, 0.1) is 6.54 Å². The first-order valence-corrected chi connectivity index (χ1v) is 6.79. The number of urea groups is 1. The molecule has 0 radical (unpaired) electrons. The van der Waals surface area contributed by atoms with Crippen LogP contribution in [-0.4, -0.2) is 37.0 Å². The summed E-state index contributed by atoms with van der Waals surface area (Å²) >= 11 is 0. The van der Waals surface area contributed by atoms with Crippen molar-refractivity contribution in [3.8, 4) is 0 Å². The van der Waals surface area contributed by atoms with Crippen molar-refractivity contribution in [3.05, 3.63) is 30.3 Å². The Balaban J connectivity index is 1.66. The minimum Gasteiger partial charge on any atom is -0.354 e. The van der Waals surface area contributed by atoms with Crippen LogP contribution in [0.15, 0.2) is 30.3 Å². The van der Waals surface area contributed by atoms with E-state index in [1.807, 2.05) is 6.07 Å².